The van der Waals surface area contributed by atoms with Crippen LogP contribution in [0.2, 0.25) is 0 Å². The van der Waals surface area contributed by atoms with E-state index < -0.39 is 24.1 Å². The van der Waals surface area contributed by atoms with Crippen molar-refractivity contribution in [2.75, 3.05) is 13.1 Å². The molecule has 3 rings (SSSR count). The van der Waals surface area contributed by atoms with Gasteiger partial charge in [-0.3, -0.25) is 14.4 Å². The van der Waals surface area contributed by atoms with Gasteiger partial charge in [0.2, 0.25) is 17.7 Å². The number of phenolic OH excluding ortho intramolecular Hbond substituents is 1. The van der Waals surface area contributed by atoms with Gasteiger partial charge in [-0.1, -0.05) is 26.0 Å². The first-order chi connectivity index (χ1) is 17.2. The number of aryl methyl sites for hydroxylation is 1. The van der Waals surface area contributed by atoms with Gasteiger partial charge in [0, 0.05) is 38.4 Å². The van der Waals surface area contributed by atoms with E-state index in [0.717, 1.165) is 13.0 Å². The molecule has 2 aromatic rings. The Kier molecular flexibility index (Phi) is 9.86. The molecule has 1 saturated heterocycles. The number of phenols is 1. The zero-order chi connectivity index (χ0) is 26.1. The molecular weight excluding hydrogens is 462 g/mol. The summed E-state index contributed by atoms with van der Waals surface area (Å²) >= 11 is 0. The largest absolute Gasteiger partial charge is 0.508 e. The Morgan fingerprint density at radius 2 is 1.94 bits per heavy atom. The number of carbonyl (C=O) groups is 3. The normalized spacial score (nSPS) is 17.1. The van der Waals surface area contributed by atoms with E-state index in [-0.39, 0.29) is 29.9 Å². The van der Waals surface area contributed by atoms with E-state index in [0.29, 0.717) is 37.9 Å². The molecule has 10 nitrogen and oxygen atoms in total. The molecule has 4 N–H and O–H groups in total. The van der Waals surface area contributed by atoms with Crippen molar-refractivity contribution >= 4 is 17.7 Å². The number of carbonyl (C=O) groups excluding carboxylic acids is 3. The number of hydrogen-bond acceptors (Lipinski definition) is 6. The van der Waals surface area contributed by atoms with Gasteiger partial charge in [0.25, 0.3) is 0 Å². The molecule has 0 spiro atoms. The van der Waals surface area contributed by atoms with Crippen LogP contribution in [0.5, 0.6) is 5.75 Å². The third-order valence-electron chi connectivity index (χ3n) is 6.28. The van der Waals surface area contributed by atoms with Crippen LogP contribution in [0.25, 0.3) is 0 Å². The molecule has 10 heteroatoms. The lowest BCUT2D eigenvalue weighted by Gasteiger charge is -2.30. The highest BCUT2D eigenvalue weighted by atomic mass is 16.3. The Bertz CT molecular complexity index is 993. The summed E-state index contributed by atoms with van der Waals surface area (Å²) in [7, 11) is 0. The number of aliphatic hydroxyl groups excluding tert-OH is 1. The third-order valence-corrected chi connectivity index (χ3v) is 6.28. The number of hydrogen-bond donors (Lipinski definition) is 4. The van der Waals surface area contributed by atoms with Crippen molar-refractivity contribution in [1.82, 2.24) is 25.1 Å². The molecule has 36 heavy (non-hydrogen) atoms. The van der Waals surface area contributed by atoms with Crippen LogP contribution >= 0.6 is 0 Å². The SMILES string of the molecule is CC(C)C[C@@H](NC(=O)[C@H](O)Cc1ccc(O)cc1)C(=O)N1CCC[C@H]1C(=O)NCCCn1ccnc1. The van der Waals surface area contributed by atoms with Crippen molar-refractivity contribution in [3.63, 3.8) is 0 Å². The highest BCUT2D eigenvalue weighted by Crippen LogP contribution is 2.21. The van der Waals surface area contributed by atoms with E-state index in [9.17, 15) is 24.6 Å². The number of benzene rings is 1. The fourth-order valence-electron chi connectivity index (χ4n) is 4.42. The van der Waals surface area contributed by atoms with Crippen molar-refractivity contribution in [1.29, 1.82) is 0 Å². The Morgan fingerprint density at radius 3 is 2.61 bits per heavy atom. The second-order valence-electron chi connectivity index (χ2n) is 9.71. The molecule has 1 fully saturated rings. The van der Waals surface area contributed by atoms with Gasteiger partial charge < -0.3 is 30.3 Å². The first-order valence-electron chi connectivity index (χ1n) is 12.5. The first-order valence-corrected chi connectivity index (χ1v) is 12.5. The second-order valence-corrected chi connectivity index (χ2v) is 9.71. The van der Waals surface area contributed by atoms with Gasteiger partial charge in [-0.2, -0.15) is 0 Å². The maximum absolute atomic E-state index is 13.4. The predicted molar refractivity (Wildman–Crippen MR) is 134 cm³/mol. The van der Waals surface area contributed by atoms with Gasteiger partial charge in [-0.05, 0) is 49.3 Å². The van der Waals surface area contributed by atoms with Gasteiger partial charge in [0.1, 0.15) is 23.9 Å². The van der Waals surface area contributed by atoms with E-state index in [4.69, 9.17) is 0 Å². The Morgan fingerprint density at radius 1 is 1.19 bits per heavy atom. The number of aliphatic hydroxyl groups is 1. The van der Waals surface area contributed by atoms with E-state index >= 15 is 0 Å². The summed E-state index contributed by atoms with van der Waals surface area (Å²) in [6.07, 6.45) is 6.44. The summed E-state index contributed by atoms with van der Waals surface area (Å²) < 4.78 is 1.94. The Hall–Kier alpha value is -3.40. The molecule has 0 bridgehead atoms. The van der Waals surface area contributed by atoms with Crippen LogP contribution < -0.4 is 10.6 Å². The molecule has 2 heterocycles. The molecule has 3 atom stereocenters. The first kappa shape index (κ1) is 27.2. The maximum atomic E-state index is 13.4. The highest BCUT2D eigenvalue weighted by Gasteiger charge is 2.38. The second kappa shape index (κ2) is 13.1. The average molecular weight is 500 g/mol. The lowest BCUT2D eigenvalue weighted by Crippen LogP contribution is -2.55. The van der Waals surface area contributed by atoms with Crippen molar-refractivity contribution < 1.29 is 24.6 Å². The molecule has 0 aliphatic carbocycles. The van der Waals surface area contributed by atoms with Crippen LogP contribution in [0, 0.1) is 5.92 Å². The van der Waals surface area contributed by atoms with Crippen LogP contribution in [-0.4, -0.2) is 73.7 Å². The highest BCUT2D eigenvalue weighted by molar-refractivity contribution is 5.93. The number of nitrogens with one attached hydrogen (secondary N) is 2. The number of aromatic nitrogens is 2. The minimum absolute atomic E-state index is 0.0581. The molecule has 0 radical (unpaired) electrons. The Balaban J connectivity index is 1.56. The summed E-state index contributed by atoms with van der Waals surface area (Å²) in [6.45, 7) is 5.59. The van der Waals surface area contributed by atoms with E-state index in [1.54, 1.807) is 29.6 Å². The molecular formula is C26H37N5O5. The van der Waals surface area contributed by atoms with E-state index in [2.05, 4.69) is 15.6 Å². The minimum atomic E-state index is -1.34. The fraction of sp³-hybridized carbons (Fsp3) is 0.538. The lowest BCUT2D eigenvalue weighted by atomic mass is 10.0. The lowest BCUT2D eigenvalue weighted by molar-refractivity contribution is -0.143. The van der Waals surface area contributed by atoms with Gasteiger partial charge in [0.05, 0.1) is 6.33 Å². The molecule has 1 aromatic heterocycles. The zero-order valence-electron chi connectivity index (χ0n) is 21.0. The van der Waals surface area contributed by atoms with E-state index in [1.165, 1.54) is 12.1 Å². The topological polar surface area (TPSA) is 137 Å². The molecule has 1 aromatic carbocycles. The van der Waals surface area contributed by atoms with Crippen molar-refractivity contribution in [2.24, 2.45) is 5.92 Å². The standard InChI is InChI=1S/C26H37N5O5/c1-18(2)15-21(29-25(35)23(33)16-19-6-8-20(32)9-7-19)26(36)31-13-3-5-22(31)24(34)28-10-4-12-30-14-11-27-17-30/h6-9,11,14,17-18,21-23,32-33H,3-5,10,12-13,15-16H2,1-2H3,(H,28,34)(H,29,35)/t21-,22+,23-/m1/s1. The van der Waals surface area contributed by atoms with Gasteiger partial charge >= 0.3 is 0 Å². The average Bonchev–Trinajstić information content (AvgIpc) is 3.54. The third kappa shape index (κ3) is 7.81. The van der Waals surface area contributed by atoms with Gasteiger partial charge in [-0.25, -0.2) is 4.98 Å². The molecule has 0 saturated carbocycles. The quantitative estimate of drug-likeness (QED) is 0.324. The van der Waals surface area contributed by atoms with Crippen LogP contribution in [0.1, 0.15) is 45.1 Å². The Labute approximate surface area is 211 Å². The van der Waals surface area contributed by atoms with Gasteiger partial charge in [0.15, 0.2) is 0 Å². The molecule has 0 unspecified atom stereocenters. The predicted octanol–water partition coefficient (Wildman–Crippen LogP) is 1.22. The smallest absolute Gasteiger partial charge is 0.249 e. The van der Waals surface area contributed by atoms with Crippen LogP contribution in [-0.2, 0) is 27.3 Å². The van der Waals surface area contributed by atoms with Gasteiger partial charge in [-0.15, -0.1) is 0 Å². The number of aromatic hydroxyl groups is 1. The summed E-state index contributed by atoms with van der Waals surface area (Å²) in [4.78, 5) is 44.6. The summed E-state index contributed by atoms with van der Waals surface area (Å²) in [6, 6.07) is 4.83. The number of rotatable bonds is 12. The number of likely N-dealkylation sites (tertiary alicyclic amines) is 1. The van der Waals surface area contributed by atoms with Crippen LogP contribution in [0.15, 0.2) is 43.0 Å². The zero-order valence-corrected chi connectivity index (χ0v) is 21.0. The fourth-order valence-corrected chi connectivity index (χ4v) is 4.42. The van der Waals surface area contributed by atoms with Crippen LogP contribution in [0.3, 0.4) is 0 Å². The van der Waals surface area contributed by atoms with E-state index in [1.807, 2.05) is 24.6 Å². The number of amides is 3. The summed E-state index contributed by atoms with van der Waals surface area (Å²) in [5.74, 6) is -0.908. The minimum Gasteiger partial charge on any atom is -0.508 e. The van der Waals surface area contributed by atoms with Crippen molar-refractivity contribution in [2.45, 2.75) is 70.7 Å². The number of imidazole rings is 1. The molecule has 1 aliphatic heterocycles. The summed E-state index contributed by atoms with van der Waals surface area (Å²) in [5.41, 5.74) is 0.687. The molecule has 196 valence electrons. The maximum Gasteiger partial charge on any atom is 0.249 e. The van der Waals surface area contributed by atoms with Crippen LogP contribution in [0.4, 0.5) is 0 Å². The summed E-state index contributed by atoms with van der Waals surface area (Å²) in [5, 5.41) is 25.5. The monoisotopic (exact) mass is 499 g/mol. The van der Waals surface area contributed by atoms with Crippen molar-refractivity contribution in [3.8, 4) is 5.75 Å². The molecule has 1 aliphatic rings. The number of nitrogens with zero attached hydrogens (tertiary/aromatic N) is 3. The molecule has 3 amide bonds. The van der Waals surface area contributed by atoms with Crippen molar-refractivity contribution in [3.05, 3.63) is 48.5 Å².